The van der Waals surface area contributed by atoms with Crippen LogP contribution in [0, 0.1) is 11.7 Å². The summed E-state index contributed by atoms with van der Waals surface area (Å²) in [5, 5.41) is 3.26. The summed E-state index contributed by atoms with van der Waals surface area (Å²) >= 11 is 0. The second-order valence-electron chi connectivity index (χ2n) is 7.56. The first-order valence-electron chi connectivity index (χ1n) is 9.68. The molecule has 0 radical (unpaired) electrons. The van der Waals surface area contributed by atoms with Crippen molar-refractivity contribution in [3.63, 3.8) is 0 Å². The Morgan fingerprint density at radius 1 is 1.10 bits per heavy atom. The molecule has 0 spiro atoms. The van der Waals surface area contributed by atoms with Gasteiger partial charge in [-0.05, 0) is 50.1 Å². The molecule has 154 valence electrons. The molecular formula is C23H26FNO4. The largest absolute Gasteiger partial charge is 0.489 e. The molecule has 1 N–H and O–H groups in total. The fourth-order valence-electron chi connectivity index (χ4n) is 2.97. The number of halogens is 1. The zero-order valence-electron chi connectivity index (χ0n) is 17.3. The number of fused-ring (bicyclic) bond motifs is 1. The molecule has 0 atom stereocenters. The van der Waals surface area contributed by atoms with Gasteiger partial charge in [-0.25, -0.2) is 4.39 Å². The minimum atomic E-state index is -0.358. The summed E-state index contributed by atoms with van der Waals surface area (Å²) < 4.78 is 31.3. The highest BCUT2D eigenvalue weighted by Gasteiger charge is 2.24. The molecule has 1 aromatic heterocycles. The summed E-state index contributed by atoms with van der Waals surface area (Å²) in [6.45, 7) is 8.49. The molecule has 29 heavy (non-hydrogen) atoms. The van der Waals surface area contributed by atoms with Gasteiger partial charge in [-0.2, -0.15) is 0 Å². The number of furan rings is 1. The third-order valence-electron chi connectivity index (χ3n) is 4.25. The number of amides is 1. The normalized spacial score (nSPS) is 11.3. The second-order valence-corrected chi connectivity index (χ2v) is 7.56. The Balaban J connectivity index is 2.21. The van der Waals surface area contributed by atoms with Crippen molar-refractivity contribution in [2.75, 3.05) is 13.7 Å². The quantitative estimate of drug-likeness (QED) is 0.576. The molecule has 0 aliphatic rings. The number of hydrogen-bond acceptors (Lipinski definition) is 4. The molecular weight excluding hydrogens is 373 g/mol. The van der Waals surface area contributed by atoms with Crippen LogP contribution in [0.3, 0.4) is 0 Å². The number of hydrogen-bond donors (Lipinski definition) is 1. The maximum absolute atomic E-state index is 13.4. The van der Waals surface area contributed by atoms with Crippen LogP contribution in [0.5, 0.6) is 11.5 Å². The van der Waals surface area contributed by atoms with Crippen LogP contribution in [0.1, 0.15) is 38.1 Å². The van der Waals surface area contributed by atoms with E-state index in [4.69, 9.17) is 13.9 Å². The van der Waals surface area contributed by atoms with Gasteiger partial charge in [0.05, 0.1) is 18.3 Å². The Kier molecular flexibility index (Phi) is 6.11. The molecule has 0 saturated heterocycles. The molecule has 1 amide bonds. The van der Waals surface area contributed by atoms with Gasteiger partial charge in [-0.15, -0.1) is 0 Å². The molecule has 6 heteroatoms. The monoisotopic (exact) mass is 399 g/mol. The lowest BCUT2D eigenvalue weighted by molar-refractivity contribution is 0.0964. The van der Waals surface area contributed by atoms with Gasteiger partial charge in [0.15, 0.2) is 11.5 Å². The summed E-state index contributed by atoms with van der Waals surface area (Å²) in [7, 11) is 1.56. The van der Waals surface area contributed by atoms with E-state index in [9.17, 15) is 9.18 Å². The average Bonchev–Trinajstić information content (AvgIpc) is 3.03. The van der Waals surface area contributed by atoms with Crippen molar-refractivity contribution in [2.24, 2.45) is 5.92 Å². The van der Waals surface area contributed by atoms with Crippen LogP contribution < -0.4 is 14.8 Å². The van der Waals surface area contributed by atoms with Crippen LogP contribution >= 0.6 is 0 Å². The lowest BCUT2D eigenvalue weighted by Gasteiger charge is -2.16. The molecule has 3 rings (SSSR count). The van der Waals surface area contributed by atoms with E-state index < -0.39 is 0 Å². The van der Waals surface area contributed by atoms with Gasteiger partial charge in [0.25, 0.3) is 5.91 Å². The van der Waals surface area contributed by atoms with Crippen LogP contribution in [0.2, 0.25) is 0 Å². The number of carbonyl (C=O) groups excluding carboxylic acids is 1. The van der Waals surface area contributed by atoms with Gasteiger partial charge in [-0.1, -0.05) is 13.8 Å². The molecule has 5 nitrogen and oxygen atoms in total. The number of nitrogens with one attached hydrogen (secondary N) is 1. The van der Waals surface area contributed by atoms with Crippen molar-refractivity contribution in [1.29, 1.82) is 0 Å². The predicted molar refractivity (Wildman–Crippen MR) is 111 cm³/mol. The number of rotatable bonds is 7. The zero-order valence-corrected chi connectivity index (χ0v) is 17.3. The Bertz CT molecular complexity index is 1010. The molecule has 1 heterocycles. The lowest BCUT2D eigenvalue weighted by Crippen LogP contribution is -2.18. The zero-order chi connectivity index (χ0) is 21.1. The van der Waals surface area contributed by atoms with E-state index in [1.165, 1.54) is 12.1 Å². The van der Waals surface area contributed by atoms with Crippen LogP contribution in [0.4, 0.5) is 4.39 Å². The first-order valence-corrected chi connectivity index (χ1v) is 9.68. The summed E-state index contributed by atoms with van der Waals surface area (Å²) in [5.41, 5.74) is 1.48. The van der Waals surface area contributed by atoms with Gasteiger partial charge < -0.3 is 19.2 Å². The molecule has 2 aromatic carbocycles. The molecule has 0 aliphatic heterocycles. The number of ether oxygens (including phenoxy) is 2. The molecule has 0 unspecified atom stereocenters. The van der Waals surface area contributed by atoms with Gasteiger partial charge >= 0.3 is 0 Å². The van der Waals surface area contributed by atoms with Crippen molar-refractivity contribution in [3.05, 3.63) is 47.8 Å². The van der Waals surface area contributed by atoms with E-state index in [-0.39, 0.29) is 17.8 Å². The molecule has 0 saturated carbocycles. The van der Waals surface area contributed by atoms with E-state index in [1.54, 1.807) is 31.3 Å². The second kappa shape index (κ2) is 8.55. The summed E-state index contributed by atoms with van der Waals surface area (Å²) in [5.74, 6) is 1.16. The topological polar surface area (TPSA) is 60.7 Å². The van der Waals surface area contributed by atoms with Crippen molar-refractivity contribution in [2.45, 2.75) is 33.8 Å². The van der Waals surface area contributed by atoms with Crippen molar-refractivity contribution < 1.29 is 23.1 Å². The fourth-order valence-corrected chi connectivity index (χ4v) is 2.97. The Labute approximate surface area is 169 Å². The van der Waals surface area contributed by atoms with E-state index in [0.29, 0.717) is 51.9 Å². The number of benzene rings is 2. The minimum absolute atomic E-state index is 0.0687. The number of carbonyl (C=O) groups is 1. The lowest BCUT2D eigenvalue weighted by atomic mass is 10.0. The van der Waals surface area contributed by atoms with E-state index in [1.807, 2.05) is 13.8 Å². The Morgan fingerprint density at radius 3 is 2.38 bits per heavy atom. The molecule has 0 fully saturated rings. The summed E-state index contributed by atoms with van der Waals surface area (Å²) in [4.78, 5) is 12.7. The molecule has 3 aromatic rings. The van der Waals surface area contributed by atoms with Gasteiger partial charge in [0, 0.05) is 24.1 Å². The standard InChI is InChI=1S/C23H26FNO4/c1-13(2)12-27-19-11-18-17(10-20(19)28-14(3)4)21(23(26)25-5)22(29-18)15-6-8-16(24)9-7-15/h6-11,13-14H,12H2,1-5H3,(H,25,26). The first-order chi connectivity index (χ1) is 13.8. The maximum atomic E-state index is 13.4. The van der Waals surface area contributed by atoms with Crippen molar-refractivity contribution in [3.8, 4) is 22.8 Å². The highest BCUT2D eigenvalue weighted by Crippen LogP contribution is 2.40. The van der Waals surface area contributed by atoms with Crippen LogP contribution in [0.25, 0.3) is 22.3 Å². The van der Waals surface area contributed by atoms with Gasteiger partial charge in [0.2, 0.25) is 0 Å². The SMILES string of the molecule is CNC(=O)c1c(-c2ccc(F)cc2)oc2cc(OCC(C)C)c(OC(C)C)cc12. The summed E-state index contributed by atoms with van der Waals surface area (Å²) in [6.07, 6.45) is -0.0687. The maximum Gasteiger partial charge on any atom is 0.255 e. The van der Waals surface area contributed by atoms with E-state index in [2.05, 4.69) is 19.2 Å². The third kappa shape index (κ3) is 4.53. The highest BCUT2D eigenvalue weighted by molar-refractivity contribution is 6.11. The van der Waals surface area contributed by atoms with E-state index in [0.717, 1.165) is 0 Å². The van der Waals surface area contributed by atoms with Gasteiger partial charge in [-0.3, -0.25) is 4.79 Å². The Morgan fingerprint density at radius 2 is 1.79 bits per heavy atom. The highest BCUT2D eigenvalue weighted by atomic mass is 19.1. The molecule has 0 bridgehead atoms. The average molecular weight is 399 g/mol. The fraction of sp³-hybridized carbons (Fsp3) is 0.348. The smallest absolute Gasteiger partial charge is 0.255 e. The van der Waals surface area contributed by atoms with Crippen LogP contribution in [0.15, 0.2) is 40.8 Å². The van der Waals surface area contributed by atoms with Crippen molar-refractivity contribution in [1.82, 2.24) is 5.32 Å². The minimum Gasteiger partial charge on any atom is -0.489 e. The Hall–Kier alpha value is -3.02. The van der Waals surface area contributed by atoms with Crippen molar-refractivity contribution >= 4 is 16.9 Å². The summed E-state index contributed by atoms with van der Waals surface area (Å²) in [6, 6.07) is 9.35. The molecule has 0 aliphatic carbocycles. The predicted octanol–water partition coefficient (Wildman–Crippen LogP) is 5.42. The van der Waals surface area contributed by atoms with Crippen LogP contribution in [-0.4, -0.2) is 25.7 Å². The third-order valence-corrected chi connectivity index (χ3v) is 4.25. The van der Waals surface area contributed by atoms with Gasteiger partial charge in [0.1, 0.15) is 17.2 Å². The first kappa shape index (κ1) is 20.7. The van der Waals surface area contributed by atoms with E-state index >= 15 is 0 Å². The van der Waals surface area contributed by atoms with Crippen LogP contribution in [-0.2, 0) is 0 Å².